The lowest BCUT2D eigenvalue weighted by atomic mass is 10.2. The molecule has 0 unspecified atom stereocenters. The van der Waals surface area contributed by atoms with Crippen molar-refractivity contribution in [1.82, 2.24) is 15.3 Å². The zero-order valence-electron chi connectivity index (χ0n) is 14.3. The number of nitrogens with zero attached hydrogens (tertiary/aromatic N) is 2. The normalized spacial score (nSPS) is 20.8. The zero-order chi connectivity index (χ0) is 18.7. The van der Waals surface area contributed by atoms with Gasteiger partial charge in [0.15, 0.2) is 0 Å². The fraction of sp³-hybridized carbons (Fsp3) is 0.353. The Hall–Kier alpha value is -1.81. The summed E-state index contributed by atoms with van der Waals surface area (Å²) in [6, 6.07) is 6.20. The lowest BCUT2D eigenvalue weighted by Gasteiger charge is -2.30. The van der Waals surface area contributed by atoms with Crippen molar-refractivity contribution in [2.45, 2.75) is 0 Å². The molecule has 2 heterocycles. The smallest absolute Gasteiger partial charge is 0.266 e. The summed E-state index contributed by atoms with van der Waals surface area (Å²) in [4.78, 5) is 27.8. The van der Waals surface area contributed by atoms with E-state index in [2.05, 4.69) is 12.5 Å². The van der Waals surface area contributed by atoms with Gasteiger partial charge in [-0.3, -0.25) is 19.9 Å². The van der Waals surface area contributed by atoms with Gasteiger partial charge < -0.3 is 4.90 Å². The van der Waals surface area contributed by atoms with Gasteiger partial charge in [0, 0.05) is 5.56 Å². The Kier molecular flexibility index (Phi) is 6.02. The molecule has 2 amide bonds. The molecule has 26 heavy (non-hydrogen) atoms. The lowest BCUT2D eigenvalue weighted by molar-refractivity contribution is -0.884. The summed E-state index contributed by atoms with van der Waals surface area (Å²) in [5.41, 5.74) is 3.14. The molecule has 2 fully saturated rings. The Balaban J connectivity index is 1.62. The third-order valence-corrected chi connectivity index (χ3v) is 5.64. The molecule has 6 nitrogen and oxygen atoms in total. The van der Waals surface area contributed by atoms with E-state index in [0.29, 0.717) is 14.8 Å². The van der Waals surface area contributed by atoms with E-state index in [1.807, 2.05) is 5.01 Å². The average molecular weight is 396 g/mol. The van der Waals surface area contributed by atoms with Gasteiger partial charge in [0.05, 0.1) is 38.1 Å². The first kappa shape index (κ1) is 19.0. The van der Waals surface area contributed by atoms with Gasteiger partial charge in [-0.05, 0) is 12.1 Å². The largest absolute Gasteiger partial charge is 0.335 e. The second-order valence-corrected chi connectivity index (χ2v) is 7.94. The van der Waals surface area contributed by atoms with Crippen LogP contribution in [0, 0.1) is 5.82 Å². The summed E-state index contributed by atoms with van der Waals surface area (Å²) in [5, 5.41) is 1.86. The fourth-order valence-electron chi connectivity index (χ4n) is 2.73. The van der Waals surface area contributed by atoms with Crippen molar-refractivity contribution in [3.8, 4) is 0 Å². The van der Waals surface area contributed by atoms with Crippen molar-refractivity contribution in [1.29, 1.82) is 0 Å². The fourth-order valence-corrected chi connectivity index (χ4v) is 3.97. The van der Waals surface area contributed by atoms with Crippen molar-refractivity contribution in [2.75, 3.05) is 39.8 Å². The van der Waals surface area contributed by atoms with Crippen molar-refractivity contribution >= 4 is 46.2 Å². The molecule has 1 aromatic rings. The number of amides is 2. The molecule has 2 aliphatic heterocycles. The van der Waals surface area contributed by atoms with E-state index in [1.54, 1.807) is 18.2 Å². The topological polar surface area (TPSA) is 57.1 Å². The Morgan fingerprint density at radius 1 is 1.38 bits per heavy atom. The second-order valence-electron chi connectivity index (χ2n) is 6.27. The Labute approximate surface area is 161 Å². The van der Waals surface area contributed by atoms with Crippen LogP contribution in [0.1, 0.15) is 5.56 Å². The highest BCUT2D eigenvalue weighted by Crippen LogP contribution is 2.32. The maximum absolute atomic E-state index is 13.8. The van der Waals surface area contributed by atoms with Gasteiger partial charge in [0.2, 0.25) is 0 Å². The summed E-state index contributed by atoms with van der Waals surface area (Å²) in [5.74, 6) is -1.07. The molecule has 2 aliphatic rings. The van der Waals surface area contributed by atoms with Crippen LogP contribution in [-0.4, -0.2) is 65.8 Å². The second kappa shape index (κ2) is 8.26. The van der Waals surface area contributed by atoms with Gasteiger partial charge in [-0.2, -0.15) is 0 Å². The third-order valence-electron chi connectivity index (χ3n) is 4.27. The number of hydrogen-bond acceptors (Lipinski definition) is 5. The van der Waals surface area contributed by atoms with Crippen LogP contribution in [0.2, 0.25) is 0 Å². The number of thiocarbonyl (C=S) groups is 1. The maximum Gasteiger partial charge on any atom is 0.266 e. The predicted molar refractivity (Wildman–Crippen MR) is 103 cm³/mol. The summed E-state index contributed by atoms with van der Waals surface area (Å²) in [6.07, 6.45) is 1.47. The minimum atomic E-state index is -0.410. The highest BCUT2D eigenvalue weighted by molar-refractivity contribution is 8.26. The van der Waals surface area contributed by atoms with E-state index >= 15 is 0 Å². The van der Waals surface area contributed by atoms with Gasteiger partial charge in [-0.1, -0.05) is 42.2 Å². The molecule has 2 saturated heterocycles. The number of quaternary nitrogens is 1. The van der Waals surface area contributed by atoms with Crippen molar-refractivity contribution in [3.05, 3.63) is 40.6 Å². The number of benzene rings is 1. The minimum absolute atomic E-state index is 0.140. The highest BCUT2D eigenvalue weighted by Gasteiger charge is 2.34. The average Bonchev–Trinajstić information content (AvgIpc) is 2.86. The lowest BCUT2D eigenvalue weighted by Crippen LogP contribution is -3.12. The van der Waals surface area contributed by atoms with Gasteiger partial charge >= 0.3 is 0 Å². The molecule has 0 aromatic heterocycles. The van der Waals surface area contributed by atoms with Crippen LogP contribution in [0.4, 0.5) is 4.39 Å². The van der Waals surface area contributed by atoms with Gasteiger partial charge in [-0.15, -0.1) is 0 Å². The molecule has 9 heteroatoms. The summed E-state index contributed by atoms with van der Waals surface area (Å²) in [6.45, 7) is 3.30. The van der Waals surface area contributed by atoms with E-state index in [0.717, 1.165) is 37.9 Å². The third kappa shape index (κ3) is 4.47. The van der Waals surface area contributed by atoms with E-state index in [1.165, 1.54) is 21.9 Å². The number of hydrogen-bond donors (Lipinski definition) is 2. The number of carbonyl (C=O) groups is 2. The number of rotatable bonds is 4. The van der Waals surface area contributed by atoms with Crippen molar-refractivity contribution in [2.24, 2.45) is 0 Å². The first-order valence-corrected chi connectivity index (χ1v) is 9.52. The number of likely N-dealkylation sites (N-methyl/N-ethyl adjacent to an activating group) is 1. The number of hydrazine groups is 1. The molecule has 3 rings (SSSR count). The van der Waals surface area contributed by atoms with Crippen LogP contribution in [0.5, 0.6) is 0 Å². The molecule has 2 N–H and O–H groups in total. The van der Waals surface area contributed by atoms with Crippen LogP contribution in [-0.2, 0) is 9.59 Å². The van der Waals surface area contributed by atoms with E-state index in [-0.39, 0.29) is 18.4 Å². The molecular weight excluding hydrogens is 375 g/mol. The van der Waals surface area contributed by atoms with Crippen LogP contribution in [0.3, 0.4) is 0 Å². The van der Waals surface area contributed by atoms with Gasteiger partial charge in [0.25, 0.3) is 11.8 Å². The van der Waals surface area contributed by atoms with E-state index < -0.39 is 5.82 Å². The summed E-state index contributed by atoms with van der Waals surface area (Å²) < 4.78 is 14.1. The number of nitrogens with one attached hydrogen (secondary N) is 2. The Morgan fingerprint density at radius 3 is 2.77 bits per heavy atom. The minimum Gasteiger partial charge on any atom is -0.335 e. The van der Waals surface area contributed by atoms with Gasteiger partial charge in [-0.25, -0.2) is 9.40 Å². The van der Waals surface area contributed by atoms with Crippen LogP contribution < -0.4 is 10.3 Å². The molecule has 0 spiro atoms. The first-order valence-electron chi connectivity index (χ1n) is 8.29. The number of carbonyl (C=O) groups excluding carboxylic acids is 2. The van der Waals surface area contributed by atoms with E-state index in [9.17, 15) is 14.0 Å². The molecule has 0 aliphatic carbocycles. The molecule has 0 saturated carbocycles. The Bertz CT molecular complexity index is 763. The molecular formula is C17H20FN4O2S2+. The predicted octanol–water partition coefficient (Wildman–Crippen LogP) is -0.112. The van der Waals surface area contributed by atoms with E-state index in [4.69, 9.17) is 12.2 Å². The zero-order valence-corrected chi connectivity index (χ0v) is 16.0. The first-order chi connectivity index (χ1) is 12.4. The number of halogens is 1. The van der Waals surface area contributed by atoms with Crippen LogP contribution in [0.25, 0.3) is 6.08 Å². The molecule has 0 atom stereocenters. The Morgan fingerprint density at radius 2 is 2.08 bits per heavy atom. The monoisotopic (exact) mass is 395 g/mol. The highest BCUT2D eigenvalue weighted by atomic mass is 32.2. The van der Waals surface area contributed by atoms with Gasteiger partial charge in [0.1, 0.15) is 16.7 Å². The van der Waals surface area contributed by atoms with Crippen LogP contribution in [0.15, 0.2) is 29.2 Å². The number of piperazine rings is 1. The van der Waals surface area contributed by atoms with Crippen molar-refractivity contribution < 1.29 is 18.9 Å². The SMILES string of the molecule is C[NH+]1CCN(NC(=O)CN2C(=O)C(=Cc3ccccc3F)SC2=S)CC1. The molecule has 0 radical (unpaired) electrons. The molecule has 0 bridgehead atoms. The van der Waals surface area contributed by atoms with Crippen LogP contribution >= 0.6 is 24.0 Å². The summed E-state index contributed by atoms with van der Waals surface area (Å²) >= 11 is 6.30. The maximum atomic E-state index is 13.8. The molecule has 138 valence electrons. The quantitative estimate of drug-likeness (QED) is 0.550. The molecule has 1 aromatic carbocycles. The van der Waals surface area contributed by atoms with Crippen molar-refractivity contribution in [3.63, 3.8) is 0 Å². The summed E-state index contributed by atoms with van der Waals surface area (Å²) in [7, 11) is 2.11. The standard InChI is InChI=1S/C17H19FN4O2S2/c1-20-6-8-21(9-7-20)19-15(23)11-22-16(24)14(26-17(22)25)10-12-4-2-3-5-13(12)18/h2-5,10H,6-9,11H2,1H3,(H,19,23)/p+1. The number of thioether (sulfide) groups is 1.